The monoisotopic (exact) mass is 541 g/mol. The number of halogens is 3. The lowest BCUT2D eigenvalue weighted by atomic mass is 9.83. The van der Waals surface area contributed by atoms with E-state index in [0.29, 0.717) is 6.54 Å². The van der Waals surface area contributed by atoms with Gasteiger partial charge in [0.1, 0.15) is 6.10 Å². The van der Waals surface area contributed by atoms with Gasteiger partial charge in [0, 0.05) is 22.8 Å². The van der Waals surface area contributed by atoms with Gasteiger partial charge in [0.25, 0.3) is 0 Å². The van der Waals surface area contributed by atoms with Gasteiger partial charge < -0.3 is 9.66 Å². The van der Waals surface area contributed by atoms with Crippen LogP contribution >= 0.6 is 0 Å². The first kappa shape index (κ1) is 27.5. The second kappa shape index (κ2) is 11.1. The molecular formula is C29H26F3NO4S. The van der Waals surface area contributed by atoms with E-state index in [1.807, 2.05) is 13.0 Å². The molecule has 0 fully saturated rings. The number of hydrogen-bond acceptors (Lipinski definition) is 4. The van der Waals surface area contributed by atoms with E-state index in [1.54, 1.807) is 0 Å². The molecule has 5 nitrogen and oxygen atoms in total. The second-order valence-electron chi connectivity index (χ2n) is 9.02. The van der Waals surface area contributed by atoms with Gasteiger partial charge in [-0.2, -0.15) is 17.7 Å². The molecule has 1 heterocycles. The predicted octanol–water partition coefficient (Wildman–Crippen LogP) is 5.51. The third-order valence-corrected chi connectivity index (χ3v) is 6.82. The van der Waals surface area contributed by atoms with E-state index in [-0.39, 0.29) is 0 Å². The smallest absolute Gasteiger partial charge is 0.485 e. The van der Waals surface area contributed by atoms with Crippen LogP contribution in [-0.2, 0) is 29.5 Å². The summed E-state index contributed by atoms with van der Waals surface area (Å²) in [5, 5.41) is 10.4. The Morgan fingerprint density at radius 3 is 1.95 bits per heavy atom. The number of pyridine rings is 1. The van der Waals surface area contributed by atoms with Gasteiger partial charge in [0.05, 0.1) is 0 Å². The summed E-state index contributed by atoms with van der Waals surface area (Å²) in [7, 11) is -6.09. The summed E-state index contributed by atoms with van der Waals surface area (Å²) in [6.07, 6.45) is 1.62. The normalized spacial score (nSPS) is 13.5. The molecule has 0 aliphatic heterocycles. The molecule has 0 radical (unpaired) electrons. The van der Waals surface area contributed by atoms with Crippen molar-refractivity contribution in [2.75, 3.05) is 0 Å². The van der Waals surface area contributed by atoms with Gasteiger partial charge in [-0.15, -0.1) is 0 Å². The average molecular weight is 542 g/mol. The minimum atomic E-state index is -6.09. The van der Waals surface area contributed by atoms with Crippen molar-refractivity contribution in [3.8, 4) is 33.6 Å². The summed E-state index contributed by atoms with van der Waals surface area (Å²) in [4.78, 5) is 0. The third-order valence-electron chi connectivity index (χ3n) is 6.25. The Bertz CT molecular complexity index is 1520. The van der Waals surface area contributed by atoms with Crippen LogP contribution in [0.5, 0.6) is 0 Å². The van der Waals surface area contributed by atoms with Gasteiger partial charge in [-0.05, 0) is 54.7 Å². The first-order valence-electron chi connectivity index (χ1n) is 12.0. The Morgan fingerprint density at radius 2 is 1.39 bits per heavy atom. The molecule has 9 heteroatoms. The van der Waals surface area contributed by atoms with Crippen LogP contribution in [0.25, 0.3) is 33.6 Å². The van der Waals surface area contributed by atoms with Gasteiger partial charge in [-0.1, -0.05) is 66.7 Å². The Balaban J connectivity index is 0.000000368. The molecule has 4 aromatic rings. The molecule has 1 aromatic heterocycles. The molecular weight excluding hydrogens is 515 g/mol. The molecule has 1 N–H and O–H groups in total. The summed E-state index contributed by atoms with van der Waals surface area (Å²) in [5.74, 6) is 0. The van der Waals surface area contributed by atoms with Crippen molar-refractivity contribution in [2.45, 2.75) is 37.9 Å². The zero-order valence-corrected chi connectivity index (χ0v) is 21.3. The average Bonchev–Trinajstić information content (AvgIpc) is 2.88. The number of fused-ring (bicyclic) bond motifs is 3. The van der Waals surface area contributed by atoms with Gasteiger partial charge in [0.15, 0.2) is 16.7 Å². The fraction of sp³-hybridized carbons (Fsp3) is 0.207. The number of alkyl halides is 3. The number of hydrogen-bond donors (Lipinski definition) is 1. The van der Waals surface area contributed by atoms with Crippen molar-refractivity contribution in [1.29, 1.82) is 0 Å². The Kier molecular flexibility index (Phi) is 8.01. The maximum absolute atomic E-state index is 10.7. The minimum absolute atomic E-state index is 0.432. The van der Waals surface area contributed by atoms with Crippen LogP contribution in [0.1, 0.15) is 18.1 Å². The Hall–Kier alpha value is -3.53. The number of aromatic nitrogens is 1. The van der Waals surface area contributed by atoms with Crippen molar-refractivity contribution in [3.63, 3.8) is 0 Å². The molecule has 0 saturated carbocycles. The van der Waals surface area contributed by atoms with Crippen molar-refractivity contribution >= 4 is 10.1 Å². The fourth-order valence-electron chi connectivity index (χ4n) is 4.68. The molecule has 0 amide bonds. The molecule has 198 valence electrons. The highest BCUT2D eigenvalue weighted by Crippen LogP contribution is 2.39. The summed E-state index contributed by atoms with van der Waals surface area (Å²) in [6, 6.07) is 32.2. The summed E-state index contributed by atoms with van der Waals surface area (Å²) < 4.78 is 61.2. The van der Waals surface area contributed by atoms with E-state index in [1.165, 1.54) is 39.1 Å². The molecule has 0 bridgehead atoms. The van der Waals surface area contributed by atoms with Crippen molar-refractivity contribution in [3.05, 3.63) is 102 Å². The Labute approximate surface area is 219 Å². The molecule has 1 aliphatic rings. The fourth-order valence-corrected chi connectivity index (χ4v) is 4.68. The van der Waals surface area contributed by atoms with Gasteiger partial charge in [-0.3, -0.25) is 0 Å². The lowest BCUT2D eigenvalue weighted by Crippen LogP contribution is -2.45. The molecule has 38 heavy (non-hydrogen) atoms. The minimum Gasteiger partial charge on any atom is -0.741 e. The lowest BCUT2D eigenvalue weighted by Gasteiger charge is -2.23. The van der Waals surface area contributed by atoms with Gasteiger partial charge >= 0.3 is 5.51 Å². The van der Waals surface area contributed by atoms with Crippen LogP contribution in [0.3, 0.4) is 0 Å². The maximum atomic E-state index is 10.7. The van der Waals surface area contributed by atoms with Crippen molar-refractivity contribution in [2.24, 2.45) is 0 Å². The number of aliphatic hydroxyl groups excluding tert-OH is 1. The summed E-state index contributed by atoms with van der Waals surface area (Å²) >= 11 is 0. The van der Waals surface area contributed by atoms with Crippen LogP contribution in [0, 0.1) is 0 Å². The van der Waals surface area contributed by atoms with Crippen LogP contribution in [-0.4, -0.2) is 29.7 Å². The number of nitrogens with zero attached hydrogens (tertiary/aromatic N) is 1. The maximum Gasteiger partial charge on any atom is 0.485 e. The highest BCUT2D eigenvalue weighted by Gasteiger charge is 2.37. The summed E-state index contributed by atoms with van der Waals surface area (Å²) in [5.41, 5.74) is 4.50. The first-order chi connectivity index (χ1) is 18.0. The summed E-state index contributed by atoms with van der Waals surface area (Å²) in [6.45, 7) is 2.43. The second-order valence-corrected chi connectivity index (χ2v) is 10.4. The highest BCUT2D eigenvalue weighted by atomic mass is 32.2. The van der Waals surface area contributed by atoms with Crippen LogP contribution < -0.4 is 4.57 Å². The molecule has 1 atom stereocenters. The van der Waals surface area contributed by atoms with E-state index in [0.717, 1.165) is 18.5 Å². The van der Waals surface area contributed by atoms with E-state index >= 15 is 0 Å². The number of rotatable bonds is 4. The Morgan fingerprint density at radius 1 is 0.868 bits per heavy atom. The quantitative estimate of drug-likeness (QED) is 0.210. The zero-order valence-electron chi connectivity index (χ0n) is 20.5. The SMILES string of the molecule is CC(O)C[n+]1c(-c2ccccc2)cc(-c2ccccc2)c2c1-c1ccccc1CC2.O=S(=O)([O-])C(F)(F)F. The van der Waals surface area contributed by atoms with E-state index in [4.69, 9.17) is 13.0 Å². The largest absolute Gasteiger partial charge is 0.741 e. The lowest BCUT2D eigenvalue weighted by molar-refractivity contribution is -0.682. The molecule has 0 saturated heterocycles. The third kappa shape index (κ3) is 5.96. The van der Waals surface area contributed by atoms with Gasteiger partial charge in [-0.25, -0.2) is 8.42 Å². The van der Waals surface area contributed by atoms with E-state index < -0.39 is 21.7 Å². The molecule has 5 rings (SSSR count). The van der Waals surface area contributed by atoms with Crippen molar-refractivity contribution in [1.82, 2.24) is 0 Å². The molecule has 3 aromatic carbocycles. The van der Waals surface area contributed by atoms with Crippen molar-refractivity contribution < 1.29 is 35.8 Å². The number of benzene rings is 3. The zero-order chi connectivity index (χ0) is 27.5. The number of aryl methyl sites for hydroxylation is 1. The molecule has 0 spiro atoms. The molecule has 1 unspecified atom stereocenters. The van der Waals surface area contributed by atoms with Crippen LogP contribution in [0.2, 0.25) is 0 Å². The van der Waals surface area contributed by atoms with Gasteiger partial charge in [0.2, 0.25) is 11.4 Å². The van der Waals surface area contributed by atoms with E-state index in [2.05, 4.69) is 89.5 Å². The predicted molar refractivity (Wildman–Crippen MR) is 138 cm³/mol. The first-order valence-corrected chi connectivity index (χ1v) is 13.4. The standard InChI is InChI=1S/C28H26NO.CHF3O3S/c1-20(30)19-29-27(23-13-6-3-7-14-23)18-26(21-10-4-2-5-11-21)25-17-16-22-12-8-9-15-24(22)28(25)29;2-1(3,4)8(5,6)7/h2-15,18,20,30H,16-17,19H2,1H3;(H,5,6,7)/q+1;/p-1. The van der Waals surface area contributed by atoms with E-state index in [9.17, 15) is 18.3 Å². The van der Waals surface area contributed by atoms with Crippen LogP contribution in [0.4, 0.5) is 13.2 Å². The topological polar surface area (TPSA) is 81.3 Å². The molecule has 1 aliphatic carbocycles. The number of aliphatic hydroxyl groups is 1. The van der Waals surface area contributed by atoms with Crippen LogP contribution in [0.15, 0.2) is 91.0 Å². The highest BCUT2D eigenvalue weighted by molar-refractivity contribution is 7.86.